The Balaban J connectivity index is 0.000000245. The summed E-state index contributed by atoms with van der Waals surface area (Å²) >= 11 is 1.74. The molecule has 2 aromatic heterocycles. The number of aromatic nitrogens is 1. The van der Waals surface area contributed by atoms with Crippen molar-refractivity contribution in [3.63, 3.8) is 0 Å². The SMILES string of the molecule is COCCOCNc1noc(C)c1C.Cc1cc(-c2ccc(CO)cc2OCC(C)C)cs1. The molecule has 7 nitrogen and oxygen atoms in total. The normalized spacial score (nSPS) is 10.8. The summed E-state index contributed by atoms with van der Waals surface area (Å²) in [6, 6.07) is 8.08. The van der Waals surface area contributed by atoms with Gasteiger partial charge in [-0.3, -0.25) is 0 Å². The van der Waals surface area contributed by atoms with E-state index >= 15 is 0 Å². The number of aliphatic hydroxyl groups excluding tert-OH is 1. The van der Waals surface area contributed by atoms with Crippen molar-refractivity contribution in [3.8, 4) is 16.9 Å². The van der Waals surface area contributed by atoms with Crippen LogP contribution in [0.2, 0.25) is 0 Å². The third-order valence-electron chi connectivity index (χ3n) is 4.77. The summed E-state index contributed by atoms with van der Waals surface area (Å²) < 4.78 is 20.9. The molecule has 33 heavy (non-hydrogen) atoms. The van der Waals surface area contributed by atoms with E-state index in [1.807, 2.05) is 32.0 Å². The van der Waals surface area contributed by atoms with Crippen LogP contribution in [0.15, 0.2) is 34.2 Å². The highest BCUT2D eigenvalue weighted by molar-refractivity contribution is 7.10. The molecule has 8 heteroatoms. The molecule has 0 aliphatic heterocycles. The Kier molecular flexibility index (Phi) is 11.4. The number of anilines is 1. The predicted octanol–water partition coefficient (Wildman–Crippen LogP) is 5.57. The number of hydrogen-bond donors (Lipinski definition) is 2. The highest BCUT2D eigenvalue weighted by Crippen LogP contribution is 2.34. The molecular weight excluding hydrogens is 440 g/mol. The van der Waals surface area contributed by atoms with Gasteiger partial charge in [0.25, 0.3) is 0 Å². The van der Waals surface area contributed by atoms with Crippen LogP contribution in [0.1, 0.15) is 35.6 Å². The van der Waals surface area contributed by atoms with Crippen molar-refractivity contribution < 1.29 is 23.8 Å². The molecule has 0 fully saturated rings. The van der Waals surface area contributed by atoms with Crippen molar-refractivity contribution in [1.29, 1.82) is 0 Å². The van der Waals surface area contributed by atoms with E-state index in [0.29, 0.717) is 32.5 Å². The Morgan fingerprint density at radius 1 is 1.15 bits per heavy atom. The lowest BCUT2D eigenvalue weighted by atomic mass is 10.0. The Hall–Kier alpha value is -2.39. The molecule has 3 aromatic rings. The van der Waals surface area contributed by atoms with Crippen LogP contribution in [0.3, 0.4) is 0 Å². The predicted molar refractivity (Wildman–Crippen MR) is 133 cm³/mol. The van der Waals surface area contributed by atoms with Gasteiger partial charge in [-0.25, -0.2) is 0 Å². The van der Waals surface area contributed by atoms with E-state index in [9.17, 15) is 5.11 Å². The van der Waals surface area contributed by atoms with Crippen LogP contribution in [0.25, 0.3) is 11.1 Å². The lowest BCUT2D eigenvalue weighted by Crippen LogP contribution is -2.10. The van der Waals surface area contributed by atoms with Crippen LogP contribution in [0.4, 0.5) is 5.82 Å². The highest BCUT2D eigenvalue weighted by atomic mass is 32.1. The van der Waals surface area contributed by atoms with Gasteiger partial charge < -0.3 is 29.2 Å². The zero-order valence-corrected chi connectivity index (χ0v) is 21.3. The monoisotopic (exact) mass is 476 g/mol. The fraction of sp³-hybridized carbons (Fsp3) is 0.480. The molecule has 0 atom stereocenters. The van der Waals surface area contributed by atoms with Gasteiger partial charge in [-0.05, 0) is 55.3 Å². The molecule has 2 heterocycles. The fourth-order valence-electron chi connectivity index (χ4n) is 2.78. The Morgan fingerprint density at radius 2 is 1.94 bits per heavy atom. The molecule has 0 amide bonds. The van der Waals surface area contributed by atoms with Gasteiger partial charge in [-0.2, -0.15) is 0 Å². The summed E-state index contributed by atoms with van der Waals surface area (Å²) in [7, 11) is 1.64. The molecule has 0 saturated heterocycles. The van der Waals surface area contributed by atoms with Crippen LogP contribution in [0.5, 0.6) is 5.75 Å². The number of rotatable bonds is 11. The Morgan fingerprint density at radius 3 is 2.52 bits per heavy atom. The smallest absolute Gasteiger partial charge is 0.174 e. The summed E-state index contributed by atoms with van der Waals surface area (Å²) in [6.45, 7) is 12.5. The van der Waals surface area contributed by atoms with Crippen molar-refractivity contribution >= 4 is 17.2 Å². The molecule has 2 N–H and O–H groups in total. The van der Waals surface area contributed by atoms with E-state index in [1.54, 1.807) is 18.4 Å². The quantitative estimate of drug-likeness (QED) is 0.276. The maximum absolute atomic E-state index is 9.25. The Bertz CT molecular complexity index is 968. The fourth-order valence-corrected chi connectivity index (χ4v) is 3.48. The molecule has 1 aromatic carbocycles. The second kappa shape index (κ2) is 14.0. The zero-order chi connectivity index (χ0) is 24.2. The van der Waals surface area contributed by atoms with E-state index in [-0.39, 0.29) is 6.61 Å². The van der Waals surface area contributed by atoms with Crippen molar-refractivity contribution in [3.05, 3.63) is 51.4 Å². The summed E-state index contributed by atoms with van der Waals surface area (Å²) in [5.74, 6) is 2.90. The minimum Gasteiger partial charge on any atom is -0.493 e. The zero-order valence-electron chi connectivity index (χ0n) is 20.4. The van der Waals surface area contributed by atoms with Gasteiger partial charge in [0, 0.05) is 23.1 Å². The first-order valence-corrected chi connectivity index (χ1v) is 11.9. The van der Waals surface area contributed by atoms with Gasteiger partial charge in [-0.1, -0.05) is 31.1 Å². The van der Waals surface area contributed by atoms with Gasteiger partial charge in [0.15, 0.2) is 5.82 Å². The first-order valence-electron chi connectivity index (χ1n) is 11.0. The standard InChI is InChI=1S/C16H20O2S.C9H16N2O3/c1-11(2)9-18-16-7-13(8-17)4-5-15(16)14-6-12(3)19-10-14;1-7-8(2)14-11-9(7)10-6-13-5-4-12-3/h4-7,10-11,17H,8-9H2,1-3H3;4-6H2,1-3H3,(H,10,11). The number of aliphatic hydroxyl groups is 1. The number of hydrogen-bond acceptors (Lipinski definition) is 8. The van der Waals surface area contributed by atoms with E-state index in [0.717, 1.165) is 34.0 Å². The molecule has 0 saturated carbocycles. The molecule has 0 aliphatic rings. The molecule has 0 spiro atoms. The molecule has 0 radical (unpaired) electrons. The summed E-state index contributed by atoms with van der Waals surface area (Å²) in [5.41, 5.74) is 4.18. The minimum absolute atomic E-state index is 0.0426. The number of nitrogens with one attached hydrogen (secondary N) is 1. The summed E-state index contributed by atoms with van der Waals surface area (Å²) in [4.78, 5) is 1.29. The van der Waals surface area contributed by atoms with E-state index in [1.165, 1.54) is 10.4 Å². The highest BCUT2D eigenvalue weighted by Gasteiger charge is 2.10. The first-order chi connectivity index (χ1) is 15.8. The van der Waals surface area contributed by atoms with Gasteiger partial charge in [-0.15, -0.1) is 11.3 Å². The third kappa shape index (κ3) is 8.81. The molecule has 182 valence electrons. The van der Waals surface area contributed by atoms with Gasteiger partial charge >= 0.3 is 0 Å². The number of thiophene rings is 1. The summed E-state index contributed by atoms with van der Waals surface area (Å²) in [6.07, 6.45) is 0. The Labute approximate surface area is 200 Å². The van der Waals surface area contributed by atoms with Crippen LogP contribution in [0, 0.1) is 26.7 Å². The van der Waals surface area contributed by atoms with Crippen molar-refractivity contribution in [1.82, 2.24) is 5.16 Å². The average Bonchev–Trinajstić information content (AvgIpc) is 3.38. The second-order valence-corrected chi connectivity index (χ2v) is 9.19. The topological polar surface area (TPSA) is 86.0 Å². The maximum Gasteiger partial charge on any atom is 0.174 e. The minimum atomic E-state index is 0.0426. The van der Waals surface area contributed by atoms with Gasteiger partial charge in [0.2, 0.25) is 0 Å². The maximum atomic E-state index is 9.25. The van der Waals surface area contributed by atoms with Gasteiger partial charge in [0.1, 0.15) is 18.2 Å². The van der Waals surface area contributed by atoms with Crippen LogP contribution in [-0.4, -0.2) is 43.9 Å². The second-order valence-electron chi connectivity index (χ2n) is 8.07. The molecule has 0 unspecified atom stereocenters. The lowest BCUT2D eigenvalue weighted by Gasteiger charge is -2.13. The average molecular weight is 477 g/mol. The number of aryl methyl sites for hydroxylation is 2. The van der Waals surface area contributed by atoms with E-state index < -0.39 is 0 Å². The molecule has 3 rings (SSSR count). The third-order valence-corrected chi connectivity index (χ3v) is 5.63. The number of methoxy groups -OCH3 is 1. The lowest BCUT2D eigenvalue weighted by molar-refractivity contribution is 0.0799. The van der Waals surface area contributed by atoms with Gasteiger partial charge in [0.05, 0.1) is 26.4 Å². The number of benzene rings is 1. The van der Waals surface area contributed by atoms with Crippen LogP contribution < -0.4 is 10.1 Å². The van der Waals surface area contributed by atoms with Crippen molar-refractivity contribution in [2.24, 2.45) is 5.92 Å². The van der Waals surface area contributed by atoms with Crippen molar-refractivity contribution in [2.45, 2.75) is 41.2 Å². The van der Waals surface area contributed by atoms with Crippen LogP contribution >= 0.6 is 11.3 Å². The first kappa shape index (κ1) is 26.9. The van der Waals surface area contributed by atoms with Crippen molar-refractivity contribution in [2.75, 3.05) is 39.0 Å². The van der Waals surface area contributed by atoms with E-state index in [2.05, 4.69) is 42.7 Å². The summed E-state index contributed by atoms with van der Waals surface area (Å²) in [5, 5.41) is 18.2. The van der Waals surface area contributed by atoms with Crippen LogP contribution in [-0.2, 0) is 16.1 Å². The van der Waals surface area contributed by atoms with E-state index in [4.69, 9.17) is 18.7 Å². The molecular formula is C25H36N2O5S. The molecule has 0 bridgehead atoms. The molecule has 0 aliphatic carbocycles. The number of ether oxygens (including phenoxy) is 3. The largest absolute Gasteiger partial charge is 0.493 e. The number of nitrogens with zero attached hydrogens (tertiary/aromatic N) is 1.